The second-order valence-electron chi connectivity index (χ2n) is 4.92. The standard InChI is InChI=1S/C17H17F2NO2S/c1-11(15-8-3-12(18)9-16(15)19)20-17(21)10-23-14-6-4-13(22-2)5-7-14/h3-9,11H,10H2,1-2H3,(H,20,21)/t11-/m1/s1. The molecule has 0 saturated carbocycles. The Kier molecular flexibility index (Phi) is 5.98. The SMILES string of the molecule is COc1ccc(SCC(=O)N[C@H](C)c2ccc(F)cc2F)cc1. The van der Waals surface area contributed by atoms with Crippen molar-refractivity contribution >= 4 is 17.7 Å². The Morgan fingerprint density at radius 3 is 2.52 bits per heavy atom. The second kappa shape index (κ2) is 7.97. The van der Waals surface area contributed by atoms with Crippen LogP contribution in [0, 0.1) is 11.6 Å². The average Bonchev–Trinajstić information content (AvgIpc) is 2.53. The van der Waals surface area contributed by atoms with Crippen molar-refractivity contribution in [3.63, 3.8) is 0 Å². The van der Waals surface area contributed by atoms with Gasteiger partial charge in [-0.2, -0.15) is 0 Å². The Morgan fingerprint density at radius 1 is 1.22 bits per heavy atom. The fourth-order valence-corrected chi connectivity index (χ4v) is 2.74. The van der Waals surface area contributed by atoms with E-state index in [4.69, 9.17) is 4.74 Å². The summed E-state index contributed by atoms with van der Waals surface area (Å²) in [5.74, 6) is -0.568. The van der Waals surface area contributed by atoms with Crippen LogP contribution in [0.3, 0.4) is 0 Å². The first-order valence-electron chi connectivity index (χ1n) is 7.00. The molecule has 0 aliphatic carbocycles. The molecule has 0 heterocycles. The van der Waals surface area contributed by atoms with Crippen molar-refractivity contribution in [1.29, 1.82) is 0 Å². The fraction of sp³-hybridized carbons (Fsp3) is 0.235. The minimum atomic E-state index is -0.666. The lowest BCUT2D eigenvalue weighted by atomic mass is 10.1. The normalized spacial score (nSPS) is 11.8. The van der Waals surface area contributed by atoms with Crippen LogP contribution in [0.4, 0.5) is 8.78 Å². The predicted molar refractivity (Wildman–Crippen MR) is 86.6 cm³/mol. The first-order chi connectivity index (χ1) is 11.0. The molecule has 23 heavy (non-hydrogen) atoms. The summed E-state index contributed by atoms with van der Waals surface area (Å²) >= 11 is 1.37. The van der Waals surface area contributed by atoms with E-state index in [-0.39, 0.29) is 17.2 Å². The van der Waals surface area contributed by atoms with Crippen molar-refractivity contribution in [3.05, 3.63) is 59.7 Å². The van der Waals surface area contributed by atoms with E-state index < -0.39 is 17.7 Å². The van der Waals surface area contributed by atoms with Crippen molar-refractivity contribution < 1.29 is 18.3 Å². The highest BCUT2D eigenvalue weighted by Crippen LogP contribution is 2.22. The van der Waals surface area contributed by atoms with Crippen LogP contribution in [0.25, 0.3) is 0 Å². The molecule has 1 amide bonds. The maximum atomic E-state index is 13.7. The Labute approximate surface area is 138 Å². The van der Waals surface area contributed by atoms with Crippen LogP contribution in [-0.4, -0.2) is 18.8 Å². The molecule has 0 saturated heterocycles. The summed E-state index contributed by atoms with van der Waals surface area (Å²) < 4.78 is 31.6. The Hall–Kier alpha value is -2.08. The number of nitrogens with one attached hydrogen (secondary N) is 1. The van der Waals surface area contributed by atoms with Gasteiger partial charge in [0.15, 0.2) is 0 Å². The number of amides is 1. The van der Waals surface area contributed by atoms with Crippen LogP contribution in [0.15, 0.2) is 47.4 Å². The van der Waals surface area contributed by atoms with Crippen LogP contribution in [-0.2, 0) is 4.79 Å². The zero-order valence-electron chi connectivity index (χ0n) is 12.8. The summed E-state index contributed by atoms with van der Waals surface area (Å²) in [5, 5.41) is 2.70. The van der Waals surface area contributed by atoms with Gasteiger partial charge in [-0.3, -0.25) is 4.79 Å². The number of methoxy groups -OCH3 is 1. The zero-order chi connectivity index (χ0) is 16.8. The van der Waals surface area contributed by atoms with E-state index >= 15 is 0 Å². The molecular formula is C17H17F2NO2S. The van der Waals surface area contributed by atoms with E-state index in [1.54, 1.807) is 14.0 Å². The van der Waals surface area contributed by atoms with Gasteiger partial charge in [-0.1, -0.05) is 6.07 Å². The summed E-state index contributed by atoms with van der Waals surface area (Å²) in [7, 11) is 1.59. The summed E-state index contributed by atoms with van der Waals surface area (Å²) in [5.41, 5.74) is 0.259. The Bertz CT molecular complexity index is 677. The van der Waals surface area contributed by atoms with E-state index in [1.165, 1.54) is 23.9 Å². The molecule has 0 unspecified atom stereocenters. The number of rotatable bonds is 6. The van der Waals surface area contributed by atoms with E-state index in [9.17, 15) is 13.6 Å². The molecule has 0 spiro atoms. The molecule has 3 nitrogen and oxygen atoms in total. The third-order valence-corrected chi connectivity index (χ3v) is 4.25. The van der Waals surface area contributed by atoms with Crippen molar-refractivity contribution in [2.75, 3.05) is 12.9 Å². The summed E-state index contributed by atoms with van der Waals surface area (Å²) in [6.07, 6.45) is 0. The van der Waals surface area contributed by atoms with E-state index in [0.717, 1.165) is 16.7 Å². The lowest BCUT2D eigenvalue weighted by Gasteiger charge is -2.15. The summed E-state index contributed by atoms with van der Waals surface area (Å²) in [4.78, 5) is 12.9. The number of carbonyl (C=O) groups excluding carboxylic acids is 1. The average molecular weight is 337 g/mol. The maximum absolute atomic E-state index is 13.7. The first kappa shape index (κ1) is 17.3. The summed E-state index contributed by atoms with van der Waals surface area (Å²) in [6, 6.07) is 10.1. The number of halogens is 2. The van der Waals surface area contributed by atoms with Crippen molar-refractivity contribution in [2.45, 2.75) is 17.9 Å². The Morgan fingerprint density at radius 2 is 1.91 bits per heavy atom. The number of benzene rings is 2. The van der Waals surface area contributed by atoms with Crippen LogP contribution >= 0.6 is 11.8 Å². The van der Waals surface area contributed by atoms with Gasteiger partial charge in [0.25, 0.3) is 0 Å². The smallest absolute Gasteiger partial charge is 0.230 e. The highest BCUT2D eigenvalue weighted by Gasteiger charge is 2.14. The monoisotopic (exact) mass is 337 g/mol. The lowest BCUT2D eigenvalue weighted by molar-refractivity contribution is -0.119. The minimum absolute atomic E-state index is 0.208. The van der Waals surface area contributed by atoms with Crippen LogP contribution in [0.1, 0.15) is 18.5 Å². The van der Waals surface area contributed by atoms with Gasteiger partial charge in [0, 0.05) is 16.5 Å². The number of carbonyl (C=O) groups is 1. The van der Waals surface area contributed by atoms with E-state index in [0.29, 0.717) is 0 Å². The van der Waals surface area contributed by atoms with E-state index in [2.05, 4.69) is 5.32 Å². The molecule has 0 aliphatic heterocycles. The Balaban J connectivity index is 1.88. The number of thioether (sulfide) groups is 1. The first-order valence-corrected chi connectivity index (χ1v) is 7.99. The highest BCUT2D eigenvalue weighted by molar-refractivity contribution is 8.00. The topological polar surface area (TPSA) is 38.3 Å². The third-order valence-electron chi connectivity index (χ3n) is 3.24. The number of hydrogen-bond donors (Lipinski definition) is 1. The minimum Gasteiger partial charge on any atom is -0.497 e. The van der Waals surface area contributed by atoms with Crippen molar-refractivity contribution in [1.82, 2.24) is 5.32 Å². The van der Waals surface area contributed by atoms with Gasteiger partial charge in [-0.25, -0.2) is 8.78 Å². The highest BCUT2D eigenvalue weighted by atomic mass is 32.2. The van der Waals surface area contributed by atoms with Crippen LogP contribution < -0.4 is 10.1 Å². The van der Waals surface area contributed by atoms with Gasteiger partial charge in [0.05, 0.1) is 18.9 Å². The van der Waals surface area contributed by atoms with Crippen LogP contribution in [0.2, 0.25) is 0 Å². The van der Waals surface area contributed by atoms with Gasteiger partial charge in [-0.15, -0.1) is 11.8 Å². The van der Waals surface area contributed by atoms with Crippen molar-refractivity contribution in [2.24, 2.45) is 0 Å². The molecule has 0 radical (unpaired) electrons. The molecule has 0 aromatic heterocycles. The molecular weight excluding hydrogens is 320 g/mol. The number of ether oxygens (including phenoxy) is 1. The van der Waals surface area contributed by atoms with Crippen LogP contribution in [0.5, 0.6) is 5.75 Å². The molecule has 2 aromatic carbocycles. The molecule has 2 aromatic rings. The summed E-state index contributed by atoms with van der Waals surface area (Å²) in [6.45, 7) is 1.66. The molecule has 122 valence electrons. The maximum Gasteiger partial charge on any atom is 0.230 e. The second-order valence-corrected chi connectivity index (χ2v) is 5.97. The van der Waals surface area contributed by atoms with Gasteiger partial charge < -0.3 is 10.1 Å². The van der Waals surface area contributed by atoms with Gasteiger partial charge in [0.2, 0.25) is 5.91 Å². The van der Waals surface area contributed by atoms with Gasteiger partial charge in [-0.05, 0) is 37.3 Å². The zero-order valence-corrected chi connectivity index (χ0v) is 13.6. The number of hydrogen-bond acceptors (Lipinski definition) is 3. The molecule has 0 aliphatic rings. The predicted octanol–water partition coefficient (Wildman–Crippen LogP) is 3.94. The molecule has 2 rings (SSSR count). The largest absolute Gasteiger partial charge is 0.497 e. The third kappa shape index (κ3) is 4.96. The molecule has 1 N–H and O–H groups in total. The van der Waals surface area contributed by atoms with Crippen molar-refractivity contribution in [3.8, 4) is 5.75 Å². The fourth-order valence-electron chi connectivity index (χ4n) is 2.03. The lowest BCUT2D eigenvalue weighted by Crippen LogP contribution is -2.28. The van der Waals surface area contributed by atoms with Gasteiger partial charge >= 0.3 is 0 Å². The molecule has 0 bridgehead atoms. The molecule has 1 atom stereocenters. The quantitative estimate of drug-likeness (QED) is 0.812. The van der Waals surface area contributed by atoms with E-state index in [1.807, 2.05) is 24.3 Å². The van der Waals surface area contributed by atoms with Gasteiger partial charge in [0.1, 0.15) is 17.4 Å². The molecule has 6 heteroatoms. The molecule has 0 fully saturated rings.